The Morgan fingerprint density at radius 1 is 1.21 bits per heavy atom. The second-order valence-electron chi connectivity index (χ2n) is 7.43. The first kappa shape index (κ1) is 19.9. The maximum absolute atomic E-state index is 12.9. The van der Waals surface area contributed by atoms with Gasteiger partial charge in [0.2, 0.25) is 11.8 Å². The lowest BCUT2D eigenvalue weighted by molar-refractivity contribution is -0.118. The third-order valence-electron chi connectivity index (χ3n) is 5.06. The van der Waals surface area contributed by atoms with Crippen LogP contribution in [-0.2, 0) is 22.4 Å². The molecule has 0 saturated heterocycles. The van der Waals surface area contributed by atoms with E-state index < -0.39 is 6.04 Å². The number of hydrogen-bond donors (Lipinski definition) is 2. The zero-order chi connectivity index (χ0) is 20.3. The Morgan fingerprint density at radius 3 is 2.71 bits per heavy atom. The highest BCUT2D eigenvalue weighted by Gasteiger charge is 2.26. The second kappa shape index (κ2) is 8.44. The molecule has 0 aromatic heterocycles. The van der Waals surface area contributed by atoms with E-state index in [0.29, 0.717) is 18.7 Å². The minimum Gasteiger partial charge on any atom is -0.497 e. The van der Waals surface area contributed by atoms with Crippen LogP contribution in [0.4, 0.5) is 11.4 Å². The number of anilines is 2. The monoisotopic (exact) mass is 381 g/mol. The van der Waals surface area contributed by atoms with Gasteiger partial charge in [0.15, 0.2) is 0 Å². The highest BCUT2D eigenvalue weighted by molar-refractivity contribution is 5.99. The van der Waals surface area contributed by atoms with E-state index in [2.05, 4.69) is 5.32 Å². The molecule has 0 saturated carbocycles. The standard InChI is InChI=1S/C22H27N3O3/c1-14(2)21(23)22(27)24-17-8-7-16-9-10-25(19(16)13-17)20(26)12-15-5-4-6-18(11-15)28-3/h4-8,11,13-14,21H,9-10,12,23H2,1-3H3,(H,24,27)/t21-/m0/s1. The molecule has 0 spiro atoms. The van der Waals surface area contributed by atoms with Crippen LogP contribution in [-0.4, -0.2) is 31.5 Å². The Morgan fingerprint density at radius 2 is 2.00 bits per heavy atom. The van der Waals surface area contributed by atoms with Crippen LogP contribution >= 0.6 is 0 Å². The fourth-order valence-electron chi connectivity index (χ4n) is 3.30. The van der Waals surface area contributed by atoms with Gasteiger partial charge < -0.3 is 20.7 Å². The van der Waals surface area contributed by atoms with Crippen molar-refractivity contribution >= 4 is 23.2 Å². The van der Waals surface area contributed by atoms with Crippen LogP contribution in [0.2, 0.25) is 0 Å². The average molecular weight is 381 g/mol. The number of amides is 2. The van der Waals surface area contributed by atoms with E-state index in [9.17, 15) is 9.59 Å². The van der Waals surface area contributed by atoms with E-state index >= 15 is 0 Å². The molecule has 1 heterocycles. The number of carbonyl (C=O) groups excluding carboxylic acids is 2. The van der Waals surface area contributed by atoms with Gasteiger partial charge in [0.25, 0.3) is 0 Å². The van der Waals surface area contributed by atoms with Gasteiger partial charge >= 0.3 is 0 Å². The molecule has 1 aliphatic rings. The molecule has 0 unspecified atom stereocenters. The van der Waals surface area contributed by atoms with E-state index in [-0.39, 0.29) is 17.7 Å². The van der Waals surface area contributed by atoms with Crippen molar-refractivity contribution in [2.75, 3.05) is 23.9 Å². The smallest absolute Gasteiger partial charge is 0.241 e. The number of methoxy groups -OCH3 is 1. The molecule has 28 heavy (non-hydrogen) atoms. The third kappa shape index (κ3) is 4.34. The fourth-order valence-corrected chi connectivity index (χ4v) is 3.30. The highest BCUT2D eigenvalue weighted by atomic mass is 16.5. The molecule has 3 rings (SSSR count). The SMILES string of the molecule is COc1cccc(CC(=O)N2CCc3ccc(NC(=O)[C@@H](N)C(C)C)cc32)c1. The summed E-state index contributed by atoms with van der Waals surface area (Å²) in [6, 6.07) is 12.6. The second-order valence-corrected chi connectivity index (χ2v) is 7.43. The van der Waals surface area contributed by atoms with Crippen LogP contribution in [0.1, 0.15) is 25.0 Å². The first-order valence-electron chi connectivity index (χ1n) is 9.51. The molecule has 6 heteroatoms. The van der Waals surface area contributed by atoms with Gasteiger partial charge in [-0.25, -0.2) is 0 Å². The first-order chi connectivity index (χ1) is 13.4. The quantitative estimate of drug-likeness (QED) is 0.806. The molecule has 1 aliphatic heterocycles. The van der Waals surface area contributed by atoms with E-state index in [0.717, 1.165) is 29.0 Å². The van der Waals surface area contributed by atoms with Crippen LogP contribution in [0.3, 0.4) is 0 Å². The van der Waals surface area contributed by atoms with Gasteiger partial charge in [-0.1, -0.05) is 32.0 Å². The zero-order valence-corrected chi connectivity index (χ0v) is 16.6. The van der Waals surface area contributed by atoms with Gasteiger partial charge in [0.05, 0.1) is 19.6 Å². The van der Waals surface area contributed by atoms with Crippen molar-refractivity contribution in [3.63, 3.8) is 0 Å². The van der Waals surface area contributed by atoms with Crippen LogP contribution in [0, 0.1) is 5.92 Å². The van der Waals surface area contributed by atoms with Crippen LogP contribution in [0.25, 0.3) is 0 Å². The van der Waals surface area contributed by atoms with E-state index in [4.69, 9.17) is 10.5 Å². The first-order valence-corrected chi connectivity index (χ1v) is 9.51. The maximum Gasteiger partial charge on any atom is 0.241 e. The molecule has 6 nitrogen and oxygen atoms in total. The van der Waals surface area contributed by atoms with Crippen LogP contribution < -0.4 is 20.7 Å². The number of nitrogens with one attached hydrogen (secondary N) is 1. The van der Waals surface area contributed by atoms with Crippen molar-refractivity contribution in [3.8, 4) is 5.75 Å². The number of nitrogens with two attached hydrogens (primary N) is 1. The molecule has 148 valence electrons. The summed E-state index contributed by atoms with van der Waals surface area (Å²) in [4.78, 5) is 26.9. The van der Waals surface area contributed by atoms with E-state index in [1.807, 2.05) is 56.3 Å². The number of fused-ring (bicyclic) bond motifs is 1. The predicted molar refractivity (Wildman–Crippen MR) is 111 cm³/mol. The van der Waals surface area contributed by atoms with Crippen molar-refractivity contribution in [2.45, 2.75) is 32.7 Å². The van der Waals surface area contributed by atoms with Gasteiger partial charge in [0, 0.05) is 17.9 Å². The number of benzene rings is 2. The Kier molecular flexibility index (Phi) is 5.99. The summed E-state index contributed by atoms with van der Waals surface area (Å²) in [6.07, 6.45) is 1.10. The maximum atomic E-state index is 12.9. The van der Waals surface area contributed by atoms with Crippen molar-refractivity contribution in [1.82, 2.24) is 0 Å². The Labute approximate surface area is 165 Å². The summed E-state index contributed by atoms with van der Waals surface area (Å²) < 4.78 is 5.23. The number of rotatable bonds is 6. The minimum atomic E-state index is -0.570. The summed E-state index contributed by atoms with van der Waals surface area (Å²) in [5.41, 5.74) is 9.43. The lowest BCUT2D eigenvalue weighted by Crippen LogP contribution is -2.39. The average Bonchev–Trinajstić information content (AvgIpc) is 3.10. The molecule has 2 aromatic carbocycles. The summed E-state index contributed by atoms with van der Waals surface area (Å²) >= 11 is 0. The molecule has 1 atom stereocenters. The fraction of sp³-hybridized carbons (Fsp3) is 0.364. The summed E-state index contributed by atoms with van der Waals surface area (Å²) in [5, 5.41) is 2.86. The van der Waals surface area contributed by atoms with Crippen molar-refractivity contribution in [3.05, 3.63) is 53.6 Å². The molecule has 3 N–H and O–H groups in total. The molecule has 0 bridgehead atoms. The topological polar surface area (TPSA) is 84.7 Å². The van der Waals surface area contributed by atoms with Crippen molar-refractivity contribution < 1.29 is 14.3 Å². The lowest BCUT2D eigenvalue weighted by atomic mass is 10.0. The number of hydrogen-bond acceptors (Lipinski definition) is 4. The van der Waals surface area contributed by atoms with Crippen LogP contribution in [0.15, 0.2) is 42.5 Å². The molecular weight excluding hydrogens is 354 g/mol. The molecule has 0 aliphatic carbocycles. The van der Waals surface area contributed by atoms with Gasteiger partial charge in [0.1, 0.15) is 5.75 Å². The van der Waals surface area contributed by atoms with E-state index in [1.165, 1.54) is 0 Å². The molecule has 2 aromatic rings. The van der Waals surface area contributed by atoms with Crippen molar-refractivity contribution in [1.29, 1.82) is 0 Å². The Hall–Kier alpha value is -2.86. The van der Waals surface area contributed by atoms with Gasteiger partial charge in [-0.05, 0) is 47.7 Å². The van der Waals surface area contributed by atoms with Gasteiger partial charge in [-0.2, -0.15) is 0 Å². The Balaban J connectivity index is 1.74. The molecule has 0 radical (unpaired) electrons. The normalized spacial score (nSPS) is 14.0. The number of nitrogens with zero attached hydrogens (tertiary/aromatic N) is 1. The van der Waals surface area contributed by atoms with Crippen molar-refractivity contribution in [2.24, 2.45) is 11.7 Å². The molecule has 0 fully saturated rings. The third-order valence-corrected chi connectivity index (χ3v) is 5.06. The highest BCUT2D eigenvalue weighted by Crippen LogP contribution is 2.31. The lowest BCUT2D eigenvalue weighted by Gasteiger charge is -2.19. The minimum absolute atomic E-state index is 0.0226. The van der Waals surface area contributed by atoms with Gasteiger partial charge in [-0.3, -0.25) is 9.59 Å². The van der Waals surface area contributed by atoms with E-state index in [1.54, 1.807) is 12.0 Å². The molecular formula is C22H27N3O3. The van der Waals surface area contributed by atoms with Crippen LogP contribution in [0.5, 0.6) is 5.75 Å². The number of ether oxygens (including phenoxy) is 1. The summed E-state index contributed by atoms with van der Waals surface area (Å²) in [6.45, 7) is 4.46. The molecule has 2 amide bonds. The zero-order valence-electron chi connectivity index (χ0n) is 16.6. The largest absolute Gasteiger partial charge is 0.497 e. The summed E-state index contributed by atoms with van der Waals surface area (Å²) in [5.74, 6) is 0.588. The number of carbonyl (C=O) groups is 2. The summed E-state index contributed by atoms with van der Waals surface area (Å²) in [7, 11) is 1.61. The van der Waals surface area contributed by atoms with Gasteiger partial charge in [-0.15, -0.1) is 0 Å². The predicted octanol–water partition coefficient (Wildman–Crippen LogP) is 2.75. The Bertz CT molecular complexity index is 879.